The molecule has 0 unspecified atom stereocenters. The summed E-state index contributed by atoms with van der Waals surface area (Å²) in [7, 11) is 0. The topological polar surface area (TPSA) is 206 Å². The van der Waals surface area contributed by atoms with E-state index in [1.165, 1.54) is 0 Å². The molecule has 24 heteroatoms. The molecule has 2 aromatic heterocycles. The number of aryl methyl sites for hydroxylation is 1. The van der Waals surface area contributed by atoms with Gasteiger partial charge in [-0.15, -0.1) is 0 Å². The molecule has 1 spiro atoms. The lowest BCUT2D eigenvalue weighted by Crippen LogP contribution is -2.50. The van der Waals surface area contributed by atoms with Crippen LogP contribution in [0.15, 0.2) is 36.7 Å². The number of aromatic nitrogens is 3. The number of esters is 1. The third-order valence-electron chi connectivity index (χ3n) is 14.3. The summed E-state index contributed by atoms with van der Waals surface area (Å²) >= 11 is 6.31. The number of piperazine rings is 1. The summed E-state index contributed by atoms with van der Waals surface area (Å²) in [5, 5.41) is 0.573. The first kappa shape index (κ1) is 68.1. The first-order valence-electron chi connectivity index (χ1n) is 29.7. The fourth-order valence-corrected chi connectivity index (χ4v) is 10.1. The average molecular weight is 1190 g/mol. The molecule has 1 aromatic carbocycles. The Hall–Kier alpha value is -4.05. The van der Waals surface area contributed by atoms with Crippen molar-refractivity contribution in [3.8, 4) is 0 Å². The van der Waals surface area contributed by atoms with E-state index in [9.17, 15) is 18.8 Å². The SMILES string of the molecule is CC(C)(C)OC(=O)CCOCCOCCOCCOCCOCCOCCOCCOCCN1CCN(CCOCCOCCOCCC(=O)N2CCC3(CC2)C(=O)N(Cc2nc4cc(Cl)ccc4n2CCCCF)c2cnccc23)CC1. The maximum absolute atomic E-state index is 14.5. The minimum absolute atomic E-state index is 0.00681. The van der Waals surface area contributed by atoms with E-state index in [1.807, 2.05) is 49.9 Å². The largest absolute Gasteiger partial charge is 0.460 e. The molecule has 3 aliphatic heterocycles. The van der Waals surface area contributed by atoms with Gasteiger partial charge in [0, 0.05) is 70.1 Å². The molecule has 2 saturated heterocycles. The van der Waals surface area contributed by atoms with Crippen LogP contribution in [0.3, 0.4) is 0 Å². The molecular weight excluding hydrogens is 1100 g/mol. The van der Waals surface area contributed by atoms with Crippen LogP contribution in [0.2, 0.25) is 5.02 Å². The molecule has 3 aliphatic rings. The highest BCUT2D eigenvalue weighted by Gasteiger charge is 2.52. The molecule has 3 aromatic rings. The molecule has 0 saturated carbocycles. The van der Waals surface area contributed by atoms with Gasteiger partial charge in [-0.3, -0.25) is 33.6 Å². The molecule has 2 amide bonds. The van der Waals surface area contributed by atoms with E-state index in [4.69, 9.17) is 73.4 Å². The van der Waals surface area contributed by atoms with Crippen molar-refractivity contribution in [1.29, 1.82) is 0 Å². The maximum Gasteiger partial charge on any atom is 0.308 e. The first-order chi connectivity index (χ1) is 40.5. The number of nitrogens with zero attached hydrogens (tertiary/aromatic N) is 7. The highest BCUT2D eigenvalue weighted by Crippen LogP contribution is 2.48. The van der Waals surface area contributed by atoms with E-state index in [2.05, 4.69) is 19.4 Å². The number of imidazole rings is 1. The second-order valence-corrected chi connectivity index (χ2v) is 21.9. The normalized spacial score (nSPS) is 15.8. The Bertz CT molecular complexity index is 2300. The number of amides is 2. The summed E-state index contributed by atoms with van der Waals surface area (Å²) < 4.78 is 82.0. The Morgan fingerprint density at radius 3 is 1.55 bits per heavy atom. The minimum Gasteiger partial charge on any atom is -0.460 e. The lowest BCUT2D eigenvalue weighted by atomic mass is 9.74. The van der Waals surface area contributed by atoms with E-state index in [0.717, 1.165) is 61.6 Å². The van der Waals surface area contributed by atoms with E-state index in [-0.39, 0.29) is 37.2 Å². The number of hydrogen-bond donors (Lipinski definition) is 0. The minimum atomic E-state index is -0.757. The molecule has 468 valence electrons. The van der Waals surface area contributed by atoms with Crippen LogP contribution in [-0.4, -0.2) is 257 Å². The Labute approximate surface area is 495 Å². The van der Waals surface area contributed by atoms with Crippen molar-refractivity contribution < 1.29 is 75.6 Å². The van der Waals surface area contributed by atoms with Gasteiger partial charge in [-0.1, -0.05) is 11.6 Å². The van der Waals surface area contributed by atoms with E-state index in [0.29, 0.717) is 202 Å². The Morgan fingerprint density at radius 1 is 0.602 bits per heavy atom. The summed E-state index contributed by atoms with van der Waals surface area (Å²) in [6.45, 7) is 23.1. The number of fused-ring (bicyclic) bond motifs is 3. The van der Waals surface area contributed by atoms with Crippen molar-refractivity contribution in [1.82, 2.24) is 29.2 Å². The number of carbonyl (C=O) groups is 3. The van der Waals surface area contributed by atoms with Gasteiger partial charge < -0.3 is 71.2 Å². The Kier molecular flexibility index (Phi) is 31.9. The number of ether oxygens (including phenoxy) is 12. The Balaban J connectivity index is 0.662. The van der Waals surface area contributed by atoms with E-state index < -0.39 is 17.7 Å². The number of benzene rings is 1. The number of hydrogen-bond acceptors (Lipinski definition) is 19. The number of alkyl halides is 1. The molecule has 0 atom stereocenters. The molecule has 0 bridgehead atoms. The van der Waals surface area contributed by atoms with Crippen LogP contribution in [0, 0.1) is 0 Å². The molecule has 5 heterocycles. The van der Waals surface area contributed by atoms with Crippen LogP contribution >= 0.6 is 11.6 Å². The molecule has 22 nitrogen and oxygen atoms in total. The molecule has 2 fully saturated rings. The smallest absolute Gasteiger partial charge is 0.308 e. The van der Waals surface area contributed by atoms with Gasteiger partial charge in [0.25, 0.3) is 0 Å². The number of halogens is 2. The molecule has 0 radical (unpaired) electrons. The fraction of sp³-hybridized carbons (Fsp3) is 0.746. The van der Waals surface area contributed by atoms with Crippen LogP contribution in [-0.2, 0) is 89.7 Å². The third kappa shape index (κ3) is 24.7. The van der Waals surface area contributed by atoms with Crippen molar-refractivity contribution in [3.05, 3.63) is 53.1 Å². The number of carbonyl (C=O) groups excluding carboxylic acids is 3. The summed E-state index contributed by atoms with van der Waals surface area (Å²) in [4.78, 5) is 57.1. The quantitative estimate of drug-likeness (QED) is 0.0529. The first-order valence-corrected chi connectivity index (χ1v) is 30.1. The lowest BCUT2D eigenvalue weighted by Gasteiger charge is -2.38. The van der Waals surface area contributed by atoms with E-state index >= 15 is 0 Å². The summed E-state index contributed by atoms with van der Waals surface area (Å²) in [6, 6.07) is 7.48. The number of pyridine rings is 1. The van der Waals surface area contributed by atoms with Crippen LogP contribution in [0.1, 0.15) is 70.7 Å². The average Bonchev–Trinajstić information content (AvgIpc) is 2.95. The van der Waals surface area contributed by atoms with Gasteiger partial charge in [-0.25, -0.2) is 4.98 Å². The second-order valence-electron chi connectivity index (χ2n) is 21.5. The van der Waals surface area contributed by atoms with Gasteiger partial charge in [0.2, 0.25) is 11.8 Å². The standard InChI is InChI=1S/C59H93ClFN7O15/c1-58(2,3)83-56(70)10-25-73-29-33-77-36-38-79-40-42-81-44-45-82-43-41-80-39-37-78-35-31-75-27-23-65-20-18-64(19-21-65)22-26-74-30-34-76-32-28-72-24-9-55(69)66-16-11-59(12-17-66)50-8-14-62-47-53(50)68(57(59)71)48-54-63-51-46-49(60)6-7-52(51)67(54)15-5-4-13-61/h6-8,14,46-47H,4-5,9-13,15-45,48H2,1-3H3. The number of piperidine rings is 1. The third-order valence-corrected chi connectivity index (χ3v) is 14.6. The maximum atomic E-state index is 14.5. The van der Waals surface area contributed by atoms with Crippen LogP contribution in [0.4, 0.5) is 10.1 Å². The molecule has 83 heavy (non-hydrogen) atoms. The van der Waals surface area contributed by atoms with Crippen LogP contribution in [0.25, 0.3) is 11.0 Å². The zero-order valence-corrected chi connectivity index (χ0v) is 50.3. The number of likely N-dealkylation sites (tertiary alicyclic amines) is 1. The molecule has 0 N–H and O–H groups in total. The summed E-state index contributed by atoms with van der Waals surface area (Å²) in [5.41, 5.74) is 2.08. The monoisotopic (exact) mass is 1190 g/mol. The van der Waals surface area contributed by atoms with Gasteiger partial charge in [0.1, 0.15) is 11.4 Å². The molecule has 6 rings (SSSR count). The number of unbranched alkanes of at least 4 members (excludes halogenated alkanes) is 1. The van der Waals surface area contributed by atoms with Gasteiger partial charge >= 0.3 is 5.97 Å². The molecular formula is C59H93ClFN7O15. The predicted octanol–water partition coefficient (Wildman–Crippen LogP) is 5.16. The highest BCUT2D eigenvalue weighted by atomic mass is 35.5. The second kappa shape index (κ2) is 38.9. The van der Waals surface area contributed by atoms with Gasteiger partial charge in [-0.05, 0) is 76.3 Å². The van der Waals surface area contributed by atoms with Crippen molar-refractivity contribution in [2.45, 2.75) is 83.4 Å². The van der Waals surface area contributed by atoms with Crippen molar-refractivity contribution >= 4 is 46.1 Å². The van der Waals surface area contributed by atoms with Crippen molar-refractivity contribution in [3.63, 3.8) is 0 Å². The summed E-state index contributed by atoms with van der Waals surface area (Å²) in [5.74, 6) is 0.430. The van der Waals surface area contributed by atoms with Crippen molar-refractivity contribution in [2.24, 2.45) is 0 Å². The fourth-order valence-electron chi connectivity index (χ4n) is 9.97. The predicted molar refractivity (Wildman–Crippen MR) is 310 cm³/mol. The van der Waals surface area contributed by atoms with Gasteiger partial charge in [0.05, 0.1) is 200 Å². The zero-order chi connectivity index (χ0) is 58.8. The van der Waals surface area contributed by atoms with Crippen LogP contribution < -0.4 is 4.90 Å². The Morgan fingerprint density at radius 2 is 1.07 bits per heavy atom. The zero-order valence-electron chi connectivity index (χ0n) is 49.6. The van der Waals surface area contributed by atoms with Crippen molar-refractivity contribution in [2.75, 3.05) is 209 Å². The summed E-state index contributed by atoms with van der Waals surface area (Å²) in [6.07, 6.45) is 6.05. The number of rotatable bonds is 45. The highest BCUT2D eigenvalue weighted by molar-refractivity contribution is 6.31. The van der Waals surface area contributed by atoms with Gasteiger partial charge in [0.15, 0.2) is 0 Å². The van der Waals surface area contributed by atoms with E-state index in [1.54, 1.807) is 17.3 Å². The lowest BCUT2D eigenvalue weighted by molar-refractivity contribution is -0.156. The molecule has 0 aliphatic carbocycles. The van der Waals surface area contributed by atoms with Gasteiger partial charge in [-0.2, -0.15) is 0 Å². The van der Waals surface area contributed by atoms with Crippen LogP contribution in [0.5, 0.6) is 0 Å². The number of anilines is 1.